The first-order chi connectivity index (χ1) is 9.81. The summed E-state index contributed by atoms with van der Waals surface area (Å²) in [5.41, 5.74) is 5.40. The Hall–Kier alpha value is -1.34. The van der Waals surface area contributed by atoms with Crippen molar-refractivity contribution in [2.45, 2.75) is 46.1 Å². The number of anilines is 2. The quantitative estimate of drug-likeness (QED) is 0.588. The highest BCUT2D eigenvalue weighted by atomic mass is 32.1. The molecule has 0 aromatic carbocycles. The topological polar surface area (TPSA) is 100 Å². The van der Waals surface area contributed by atoms with Crippen LogP contribution in [0.4, 0.5) is 10.9 Å². The summed E-state index contributed by atoms with van der Waals surface area (Å²) in [6.07, 6.45) is 1.24. The van der Waals surface area contributed by atoms with Crippen LogP contribution in [0.5, 0.6) is 0 Å². The van der Waals surface area contributed by atoms with Crippen molar-refractivity contribution in [1.82, 2.24) is 10.3 Å². The molecule has 0 aliphatic rings. The number of nitrogens with two attached hydrogens (primary N) is 1. The molecule has 1 rings (SSSR count). The number of nitrogens with one attached hydrogen (secondary N) is 2. The van der Waals surface area contributed by atoms with Gasteiger partial charge in [-0.05, 0) is 25.7 Å². The van der Waals surface area contributed by atoms with Crippen LogP contribution in [0.15, 0.2) is 0 Å². The minimum absolute atomic E-state index is 0.0317. The van der Waals surface area contributed by atoms with Crippen molar-refractivity contribution >= 4 is 28.2 Å². The second-order valence-electron chi connectivity index (χ2n) is 5.85. The van der Waals surface area contributed by atoms with Gasteiger partial charge >= 0.3 is 0 Å². The summed E-state index contributed by atoms with van der Waals surface area (Å²) in [4.78, 5) is 16.9. The molecular formula is C14H26N4O2S. The Balaban J connectivity index is 2.78. The molecule has 0 fully saturated rings. The van der Waals surface area contributed by atoms with Gasteiger partial charge in [-0.25, -0.2) is 4.98 Å². The van der Waals surface area contributed by atoms with E-state index in [2.05, 4.69) is 29.5 Å². The van der Waals surface area contributed by atoms with Crippen molar-refractivity contribution in [2.75, 3.05) is 24.2 Å². The van der Waals surface area contributed by atoms with Crippen LogP contribution in [0.25, 0.3) is 0 Å². The Kier molecular flexibility index (Phi) is 6.42. The smallest absolute Gasteiger partial charge is 0.265 e. The summed E-state index contributed by atoms with van der Waals surface area (Å²) in [6.45, 7) is 8.89. The standard InChI is InChI=1S/C14H26N4O2S/c1-5-14(4,6-7-19)18-12(20)10-11(15)17-13(21-10)16-8-9(2)3/h9,19H,5-8,15H2,1-4H3,(H,16,17)(H,18,20). The van der Waals surface area contributed by atoms with Crippen LogP contribution in [0, 0.1) is 5.92 Å². The van der Waals surface area contributed by atoms with E-state index in [1.165, 1.54) is 11.3 Å². The average molecular weight is 314 g/mol. The zero-order valence-corrected chi connectivity index (χ0v) is 14.0. The van der Waals surface area contributed by atoms with Gasteiger partial charge in [-0.1, -0.05) is 32.1 Å². The lowest BCUT2D eigenvalue weighted by Gasteiger charge is -2.28. The molecule has 0 spiro atoms. The Morgan fingerprint density at radius 3 is 2.71 bits per heavy atom. The fourth-order valence-electron chi connectivity index (χ4n) is 1.77. The maximum Gasteiger partial charge on any atom is 0.265 e. The third-order valence-electron chi connectivity index (χ3n) is 3.38. The monoisotopic (exact) mass is 314 g/mol. The van der Waals surface area contributed by atoms with Gasteiger partial charge in [0.25, 0.3) is 5.91 Å². The lowest BCUT2D eigenvalue weighted by atomic mass is 9.95. The predicted octanol–water partition coefficient (Wildman–Crippen LogP) is 2.07. The van der Waals surface area contributed by atoms with Crippen molar-refractivity contribution < 1.29 is 9.90 Å². The largest absolute Gasteiger partial charge is 0.396 e. The molecule has 6 nitrogen and oxygen atoms in total. The number of carbonyl (C=O) groups is 1. The molecule has 0 aliphatic heterocycles. The Bertz CT molecular complexity index is 476. The van der Waals surface area contributed by atoms with Crippen molar-refractivity contribution in [3.63, 3.8) is 0 Å². The van der Waals surface area contributed by atoms with E-state index >= 15 is 0 Å². The number of carbonyl (C=O) groups excluding carboxylic acids is 1. The first-order valence-corrected chi connectivity index (χ1v) is 8.06. The highest BCUT2D eigenvalue weighted by Gasteiger charge is 2.26. The molecule has 0 saturated heterocycles. The molecule has 1 heterocycles. The fraction of sp³-hybridized carbons (Fsp3) is 0.714. The van der Waals surface area contributed by atoms with Gasteiger partial charge < -0.3 is 21.5 Å². The molecule has 0 saturated carbocycles. The van der Waals surface area contributed by atoms with Crippen LogP contribution in [0.1, 0.15) is 50.2 Å². The van der Waals surface area contributed by atoms with E-state index in [-0.39, 0.29) is 18.3 Å². The van der Waals surface area contributed by atoms with Crippen LogP contribution in [0.3, 0.4) is 0 Å². The van der Waals surface area contributed by atoms with Gasteiger partial charge in [0.05, 0.1) is 0 Å². The molecule has 120 valence electrons. The first-order valence-electron chi connectivity index (χ1n) is 7.25. The minimum atomic E-state index is -0.437. The molecule has 21 heavy (non-hydrogen) atoms. The number of amides is 1. The number of hydrogen-bond donors (Lipinski definition) is 4. The summed E-state index contributed by atoms with van der Waals surface area (Å²) in [6, 6.07) is 0. The minimum Gasteiger partial charge on any atom is -0.396 e. The van der Waals surface area contributed by atoms with Crippen molar-refractivity contribution in [3.05, 3.63) is 4.88 Å². The SMILES string of the molecule is CCC(C)(CCO)NC(=O)c1sc(NCC(C)C)nc1N. The molecule has 1 unspecified atom stereocenters. The molecule has 1 aromatic rings. The summed E-state index contributed by atoms with van der Waals surface area (Å²) in [5, 5.41) is 15.9. The normalized spacial score (nSPS) is 14.0. The van der Waals surface area contributed by atoms with Crippen LogP contribution < -0.4 is 16.4 Å². The van der Waals surface area contributed by atoms with E-state index < -0.39 is 5.54 Å². The van der Waals surface area contributed by atoms with E-state index in [4.69, 9.17) is 10.8 Å². The van der Waals surface area contributed by atoms with Gasteiger partial charge in [0, 0.05) is 18.7 Å². The maximum absolute atomic E-state index is 12.3. The van der Waals surface area contributed by atoms with E-state index in [0.717, 1.165) is 13.0 Å². The number of aromatic nitrogens is 1. The number of aliphatic hydroxyl groups excluding tert-OH is 1. The molecule has 0 bridgehead atoms. The third-order valence-corrected chi connectivity index (χ3v) is 4.41. The number of rotatable bonds is 8. The lowest BCUT2D eigenvalue weighted by molar-refractivity contribution is 0.0891. The molecular weight excluding hydrogens is 288 g/mol. The molecule has 1 atom stereocenters. The zero-order chi connectivity index (χ0) is 16.0. The Morgan fingerprint density at radius 2 is 2.19 bits per heavy atom. The number of hydrogen-bond acceptors (Lipinski definition) is 6. The number of aliphatic hydroxyl groups is 1. The Morgan fingerprint density at radius 1 is 1.52 bits per heavy atom. The number of nitrogens with zero attached hydrogens (tertiary/aromatic N) is 1. The van der Waals surface area contributed by atoms with Crippen molar-refractivity contribution in [2.24, 2.45) is 5.92 Å². The third kappa shape index (κ3) is 5.17. The van der Waals surface area contributed by atoms with Crippen molar-refractivity contribution in [3.8, 4) is 0 Å². The van der Waals surface area contributed by atoms with Crippen LogP contribution >= 0.6 is 11.3 Å². The van der Waals surface area contributed by atoms with E-state index in [9.17, 15) is 4.79 Å². The van der Waals surface area contributed by atoms with Crippen LogP contribution in [0.2, 0.25) is 0 Å². The fourth-order valence-corrected chi connectivity index (χ4v) is 2.55. The van der Waals surface area contributed by atoms with Gasteiger partial charge in [-0.2, -0.15) is 0 Å². The van der Waals surface area contributed by atoms with E-state index in [1.54, 1.807) is 0 Å². The van der Waals surface area contributed by atoms with E-state index in [1.807, 2.05) is 13.8 Å². The maximum atomic E-state index is 12.3. The van der Waals surface area contributed by atoms with Gasteiger partial charge in [-0.3, -0.25) is 4.79 Å². The van der Waals surface area contributed by atoms with Gasteiger partial charge in [0.2, 0.25) is 0 Å². The van der Waals surface area contributed by atoms with Crippen molar-refractivity contribution in [1.29, 1.82) is 0 Å². The highest BCUT2D eigenvalue weighted by Crippen LogP contribution is 2.26. The second kappa shape index (κ2) is 7.61. The van der Waals surface area contributed by atoms with Crippen LogP contribution in [-0.4, -0.2) is 34.7 Å². The van der Waals surface area contributed by atoms with Gasteiger partial charge in [-0.15, -0.1) is 0 Å². The number of thiazole rings is 1. The average Bonchev–Trinajstić information content (AvgIpc) is 2.78. The molecule has 1 amide bonds. The van der Waals surface area contributed by atoms with E-state index in [0.29, 0.717) is 22.3 Å². The predicted molar refractivity (Wildman–Crippen MR) is 87.7 cm³/mol. The lowest BCUT2D eigenvalue weighted by Crippen LogP contribution is -2.46. The summed E-state index contributed by atoms with van der Waals surface area (Å²) in [5.74, 6) is 0.493. The molecule has 5 N–H and O–H groups in total. The molecule has 0 radical (unpaired) electrons. The molecule has 7 heteroatoms. The number of nitrogen functional groups attached to an aromatic ring is 1. The molecule has 1 aromatic heterocycles. The molecule has 0 aliphatic carbocycles. The second-order valence-corrected chi connectivity index (χ2v) is 6.85. The summed E-state index contributed by atoms with van der Waals surface area (Å²) >= 11 is 1.26. The summed E-state index contributed by atoms with van der Waals surface area (Å²) < 4.78 is 0. The zero-order valence-electron chi connectivity index (χ0n) is 13.2. The van der Waals surface area contributed by atoms with Crippen LogP contribution in [-0.2, 0) is 0 Å². The highest BCUT2D eigenvalue weighted by molar-refractivity contribution is 7.18. The summed E-state index contributed by atoms with van der Waals surface area (Å²) in [7, 11) is 0. The van der Waals surface area contributed by atoms with Gasteiger partial charge in [0.15, 0.2) is 5.13 Å². The first kappa shape index (κ1) is 17.7. The van der Waals surface area contributed by atoms with Gasteiger partial charge in [0.1, 0.15) is 10.7 Å². The Labute approximate surface area is 130 Å².